The van der Waals surface area contributed by atoms with Gasteiger partial charge in [0.25, 0.3) is 0 Å². The number of rotatable bonds is 18. The van der Waals surface area contributed by atoms with Gasteiger partial charge in [-0.2, -0.15) is 0 Å². The second-order valence-corrected chi connectivity index (χ2v) is 7.00. The number of nitrogens with one attached hydrogen (secondary N) is 1. The standard InChI is InChI=1S/C22H43NO2/c1-3-5-6-7-8-9-10-11-12-13-14-15-16-17-18-19-21-25-22(24)23-20-4-2/h11-12H,3-10,13-21H2,1-2H3,(H,23,24). The lowest BCUT2D eigenvalue weighted by atomic mass is 10.1. The van der Waals surface area contributed by atoms with Crippen LogP contribution in [0.3, 0.4) is 0 Å². The molecule has 0 aliphatic carbocycles. The van der Waals surface area contributed by atoms with Crippen molar-refractivity contribution in [2.24, 2.45) is 0 Å². The van der Waals surface area contributed by atoms with Crippen LogP contribution < -0.4 is 5.32 Å². The molecule has 0 heterocycles. The molecule has 25 heavy (non-hydrogen) atoms. The third-order valence-corrected chi connectivity index (χ3v) is 4.41. The normalized spacial score (nSPS) is 11.1. The largest absolute Gasteiger partial charge is 0.450 e. The highest BCUT2D eigenvalue weighted by Gasteiger charge is 1.99. The van der Waals surface area contributed by atoms with Gasteiger partial charge in [0.2, 0.25) is 0 Å². The molecule has 0 spiro atoms. The van der Waals surface area contributed by atoms with E-state index in [2.05, 4.69) is 24.4 Å². The molecule has 0 aromatic rings. The van der Waals surface area contributed by atoms with Crippen molar-refractivity contribution in [3.8, 4) is 0 Å². The molecule has 0 aromatic heterocycles. The van der Waals surface area contributed by atoms with E-state index in [1.807, 2.05) is 6.92 Å². The minimum absolute atomic E-state index is 0.269. The first-order valence-corrected chi connectivity index (χ1v) is 10.9. The number of alkyl carbamates (subject to hydrolysis) is 1. The summed E-state index contributed by atoms with van der Waals surface area (Å²) < 4.78 is 5.10. The molecule has 0 aromatic carbocycles. The number of ether oxygens (including phenoxy) is 1. The van der Waals surface area contributed by atoms with Crippen molar-refractivity contribution in [3.63, 3.8) is 0 Å². The number of allylic oxidation sites excluding steroid dienone is 2. The quantitative estimate of drug-likeness (QED) is 0.210. The van der Waals surface area contributed by atoms with Crippen molar-refractivity contribution < 1.29 is 9.53 Å². The molecule has 148 valence electrons. The van der Waals surface area contributed by atoms with Gasteiger partial charge in [0.1, 0.15) is 0 Å². The molecule has 3 heteroatoms. The Morgan fingerprint density at radius 3 is 1.80 bits per heavy atom. The highest BCUT2D eigenvalue weighted by atomic mass is 16.5. The van der Waals surface area contributed by atoms with E-state index in [0.717, 1.165) is 19.3 Å². The Balaban J connectivity index is 3.13. The summed E-state index contributed by atoms with van der Waals surface area (Å²) in [5, 5.41) is 2.72. The molecule has 0 aliphatic heterocycles. The SMILES string of the molecule is CCCCCCCCC=CCCCCCCCCOC(=O)NCCC. The molecule has 1 amide bonds. The summed E-state index contributed by atoms with van der Waals surface area (Å²) in [6.45, 7) is 5.56. The van der Waals surface area contributed by atoms with Gasteiger partial charge in [-0.3, -0.25) is 0 Å². The van der Waals surface area contributed by atoms with E-state index in [1.54, 1.807) is 0 Å². The van der Waals surface area contributed by atoms with E-state index in [4.69, 9.17) is 4.74 Å². The number of hydrogen-bond acceptors (Lipinski definition) is 2. The average molecular weight is 354 g/mol. The molecular formula is C22H43NO2. The molecule has 0 rings (SSSR count). The average Bonchev–Trinajstić information content (AvgIpc) is 2.62. The first kappa shape index (κ1) is 24.0. The van der Waals surface area contributed by atoms with Crippen molar-refractivity contribution >= 4 is 6.09 Å². The third-order valence-electron chi connectivity index (χ3n) is 4.41. The highest BCUT2D eigenvalue weighted by Crippen LogP contribution is 2.10. The summed E-state index contributed by atoms with van der Waals surface area (Å²) in [6.07, 6.45) is 23.6. The van der Waals surface area contributed by atoms with Gasteiger partial charge >= 0.3 is 6.09 Å². The molecule has 0 atom stereocenters. The number of hydrogen-bond donors (Lipinski definition) is 1. The van der Waals surface area contributed by atoms with Gasteiger partial charge in [0.15, 0.2) is 0 Å². The molecule has 0 unspecified atom stereocenters. The van der Waals surface area contributed by atoms with Gasteiger partial charge in [0.05, 0.1) is 6.61 Å². The zero-order valence-corrected chi connectivity index (χ0v) is 17.0. The lowest BCUT2D eigenvalue weighted by Crippen LogP contribution is -2.25. The lowest BCUT2D eigenvalue weighted by molar-refractivity contribution is 0.144. The summed E-state index contributed by atoms with van der Waals surface area (Å²) in [5.41, 5.74) is 0. The van der Waals surface area contributed by atoms with E-state index in [9.17, 15) is 4.79 Å². The van der Waals surface area contributed by atoms with E-state index in [-0.39, 0.29) is 6.09 Å². The van der Waals surface area contributed by atoms with Crippen LogP contribution in [0.1, 0.15) is 110 Å². The summed E-state index contributed by atoms with van der Waals surface area (Å²) in [6, 6.07) is 0. The lowest BCUT2D eigenvalue weighted by Gasteiger charge is -2.05. The van der Waals surface area contributed by atoms with Gasteiger partial charge in [0, 0.05) is 6.54 Å². The molecule has 0 fully saturated rings. The van der Waals surface area contributed by atoms with Crippen molar-refractivity contribution in [3.05, 3.63) is 12.2 Å². The van der Waals surface area contributed by atoms with Gasteiger partial charge in [-0.15, -0.1) is 0 Å². The minimum Gasteiger partial charge on any atom is -0.450 e. The molecule has 0 aliphatic rings. The second kappa shape index (κ2) is 21.1. The smallest absolute Gasteiger partial charge is 0.407 e. The van der Waals surface area contributed by atoms with Gasteiger partial charge < -0.3 is 10.1 Å². The molecule has 0 saturated heterocycles. The zero-order valence-electron chi connectivity index (χ0n) is 17.0. The van der Waals surface area contributed by atoms with Crippen LogP contribution in [-0.4, -0.2) is 19.2 Å². The van der Waals surface area contributed by atoms with Crippen LogP contribution in [0.4, 0.5) is 4.79 Å². The first-order valence-electron chi connectivity index (χ1n) is 10.9. The first-order chi connectivity index (χ1) is 12.3. The molecule has 1 N–H and O–H groups in total. The van der Waals surface area contributed by atoms with Crippen LogP contribution in [0.15, 0.2) is 12.2 Å². The fraction of sp³-hybridized carbons (Fsp3) is 0.864. The Bertz CT molecular complexity index is 302. The van der Waals surface area contributed by atoms with Crippen molar-refractivity contribution in [2.75, 3.05) is 13.2 Å². The molecule has 0 saturated carbocycles. The maximum atomic E-state index is 11.2. The van der Waals surface area contributed by atoms with E-state index in [0.29, 0.717) is 13.2 Å². The van der Waals surface area contributed by atoms with Crippen LogP contribution in [0, 0.1) is 0 Å². The Morgan fingerprint density at radius 2 is 1.24 bits per heavy atom. The highest BCUT2D eigenvalue weighted by molar-refractivity contribution is 5.66. The number of unbranched alkanes of at least 4 members (excludes halogenated alkanes) is 12. The predicted molar refractivity (Wildman–Crippen MR) is 109 cm³/mol. The fourth-order valence-corrected chi connectivity index (χ4v) is 2.79. The Kier molecular flexibility index (Phi) is 20.2. The molecule has 3 nitrogen and oxygen atoms in total. The van der Waals surface area contributed by atoms with E-state index < -0.39 is 0 Å². The maximum Gasteiger partial charge on any atom is 0.407 e. The summed E-state index contributed by atoms with van der Waals surface area (Å²) >= 11 is 0. The van der Waals surface area contributed by atoms with Crippen LogP contribution >= 0.6 is 0 Å². The number of amides is 1. The van der Waals surface area contributed by atoms with Crippen LogP contribution in [0.5, 0.6) is 0 Å². The minimum atomic E-state index is -0.269. The summed E-state index contributed by atoms with van der Waals surface area (Å²) in [7, 11) is 0. The van der Waals surface area contributed by atoms with Crippen LogP contribution in [-0.2, 0) is 4.74 Å². The van der Waals surface area contributed by atoms with Gasteiger partial charge in [-0.05, 0) is 38.5 Å². The maximum absolute atomic E-state index is 11.2. The molecule has 0 bridgehead atoms. The van der Waals surface area contributed by atoms with E-state index >= 15 is 0 Å². The number of carbonyl (C=O) groups excluding carboxylic acids is 1. The fourth-order valence-electron chi connectivity index (χ4n) is 2.79. The van der Waals surface area contributed by atoms with Gasteiger partial charge in [-0.1, -0.05) is 83.8 Å². The van der Waals surface area contributed by atoms with Crippen LogP contribution in [0.2, 0.25) is 0 Å². The van der Waals surface area contributed by atoms with Crippen molar-refractivity contribution in [1.29, 1.82) is 0 Å². The zero-order chi connectivity index (χ0) is 18.4. The predicted octanol–water partition coefficient (Wildman–Crippen LogP) is 7.16. The third kappa shape index (κ3) is 21.0. The molecular weight excluding hydrogens is 310 g/mol. The second-order valence-electron chi connectivity index (χ2n) is 7.00. The van der Waals surface area contributed by atoms with E-state index in [1.165, 1.54) is 77.0 Å². The van der Waals surface area contributed by atoms with Crippen molar-refractivity contribution in [2.45, 2.75) is 110 Å². The van der Waals surface area contributed by atoms with Gasteiger partial charge in [-0.25, -0.2) is 4.79 Å². The Hall–Kier alpha value is -0.990. The monoisotopic (exact) mass is 353 g/mol. The topological polar surface area (TPSA) is 38.3 Å². The Labute approximate surface area is 157 Å². The summed E-state index contributed by atoms with van der Waals surface area (Å²) in [5.74, 6) is 0. The van der Waals surface area contributed by atoms with Crippen molar-refractivity contribution in [1.82, 2.24) is 5.32 Å². The molecule has 0 radical (unpaired) electrons. The van der Waals surface area contributed by atoms with Crippen LogP contribution in [0.25, 0.3) is 0 Å². The Morgan fingerprint density at radius 1 is 0.720 bits per heavy atom. The summed E-state index contributed by atoms with van der Waals surface area (Å²) in [4.78, 5) is 11.2. The number of carbonyl (C=O) groups is 1.